The minimum absolute atomic E-state index is 0.0526. The molecule has 1 heterocycles. The molecule has 0 aromatic carbocycles. The average molecular weight is 237 g/mol. The molecular formula is C13H23N3O. The third-order valence-corrected chi connectivity index (χ3v) is 2.97. The lowest BCUT2D eigenvalue weighted by molar-refractivity contribution is -0.120. The van der Waals surface area contributed by atoms with Crippen LogP contribution in [0.5, 0.6) is 0 Å². The highest BCUT2D eigenvalue weighted by Gasteiger charge is 2.07. The molecule has 0 atom stereocenters. The number of nitrogens with one attached hydrogen (secondary N) is 2. The summed E-state index contributed by atoms with van der Waals surface area (Å²) in [5.74, 6) is 0.0526. The van der Waals surface area contributed by atoms with Gasteiger partial charge in [-0.15, -0.1) is 0 Å². The van der Waals surface area contributed by atoms with Gasteiger partial charge in [-0.2, -0.15) is 0 Å². The van der Waals surface area contributed by atoms with Gasteiger partial charge in [-0.25, -0.2) is 0 Å². The number of nitrogens with zero attached hydrogens (tertiary/aromatic N) is 1. The summed E-state index contributed by atoms with van der Waals surface area (Å²) in [7, 11) is 0. The SMILES string of the molecule is CCNC(=O)CNCc1cc(C)n(CC)c1C. The van der Waals surface area contributed by atoms with E-state index in [0.717, 1.165) is 13.1 Å². The fraction of sp³-hybridized carbons (Fsp3) is 0.615. The van der Waals surface area contributed by atoms with Crippen molar-refractivity contribution in [2.75, 3.05) is 13.1 Å². The van der Waals surface area contributed by atoms with Gasteiger partial charge in [0.15, 0.2) is 0 Å². The molecule has 4 heteroatoms. The van der Waals surface area contributed by atoms with Crippen LogP contribution in [0, 0.1) is 13.8 Å². The zero-order valence-electron chi connectivity index (χ0n) is 11.3. The molecule has 0 bridgehead atoms. The quantitative estimate of drug-likeness (QED) is 0.784. The molecule has 0 aliphatic heterocycles. The summed E-state index contributed by atoms with van der Waals surface area (Å²) in [6.07, 6.45) is 0. The molecule has 0 unspecified atom stereocenters. The lowest BCUT2D eigenvalue weighted by Gasteiger charge is -2.07. The number of amides is 1. The van der Waals surface area contributed by atoms with E-state index in [4.69, 9.17) is 0 Å². The standard InChI is InChI=1S/C13H23N3O/c1-5-15-13(17)9-14-8-12-7-10(3)16(6-2)11(12)4/h7,14H,5-6,8-9H2,1-4H3,(H,15,17). The Morgan fingerprint density at radius 3 is 2.59 bits per heavy atom. The van der Waals surface area contributed by atoms with Gasteiger partial charge in [0.2, 0.25) is 5.91 Å². The first-order valence-corrected chi connectivity index (χ1v) is 6.23. The fourth-order valence-corrected chi connectivity index (χ4v) is 2.11. The van der Waals surface area contributed by atoms with E-state index in [-0.39, 0.29) is 5.91 Å². The van der Waals surface area contributed by atoms with Gasteiger partial charge in [0.05, 0.1) is 6.54 Å². The number of carbonyl (C=O) groups excluding carboxylic acids is 1. The average Bonchev–Trinajstić information content (AvgIpc) is 2.54. The Kier molecular flexibility index (Phi) is 5.22. The van der Waals surface area contributed by atoms with Gasteiger partial charge in [0.25, 0.3) is 0 Å². The molecule has 4 nitrogen and oxygen atoms in total. The van der Waals surface area contributed by atoms with Crippen LogP contribution in [0.1, 0.15) is 30.8 Å². The van der Waals surface area contributed by atoms with Crippen LogP contribution in [0.3, 0.4) is 0 Å². The largest absolute Gasteiger partial charge is 0.355 e. The molecule has 17 heavy (non-hydrogen) atoms. The second kappa shape index (κ2) is 6.45. The van der Waals surface area contributed by atoms with Crippen LogP contribution in [-0.4, -0.2) is 23.6 Å². The second-order valence-electron chi connectivity index (χ2n) is 4.20. The van der Waals surface area contributed by atoms with Crippen molar-refractivity contribution in [3.05, 3.63) is 23.0 Å². The van der Waals surface area contributed by atoms with Crippen LogP contribution in [-0.2, 0) is 17.9 Å². The second-order valence-corrected chi connectivity index (χ2v) is 4.20. The van der Waals surface area contributed by atoms with Crippen LogP contribution in [0.4, 0.5) is 0 Å². The molecule has 0 saturated heterocycles. The lowest BCUT2D eigenvalue weighted by atomic mass is 10.2. The van der Waals surface area contributed by atoms with Crippen molar-refractivity contribution in [2.45, 2.75) is 40.8 Å². The summed E-state index contributed by atoms with van der Waals surface area (Å²) in [5, 5.41) is 5.93. The van der Waals surface area contributed by atoms with Crippen LogP contribution < -0.4 is 10.6 Å². The predicted octanol–water partition coefficient (Wildman–Crippen LogP) is 1.35. The minimum Gasteiger partial charge on any atom is -0.355 e. The van der Waals surface area contributed by atoms with E-state index < -0.39 is 0 Å². The first-order valence-electron chi connectivity index (χ1n) is 6.23. The number of hydrogen-bond donors (Lipinski definition) is 2. The Bertz CT molecular complexity index is 382. The maximum atomic E-state index is 11.3. The zero-order valence-corrected chi connectivity index (χ0v) is 11.3. The van der Waals surface area contributed by atoms with E-state index in [2.05, 4.69) is 42.0 Å². The number of rotatable bonds is 6. The molecular weight excluding hydrogens is 214 g/mol. The van der Waals surface area contributed by atoms with Gasteiger partial charge in [-0.1, -0.05) is 0 Å². The molecule has 96 valence electrons. The van der Waals surface area contributed by atoms with Crippen LogP contribution >= 0.6 is 0 Å². The number of hydrogen-bond acceptors (Lipinski definition) is 2. The molecule has 0 spiro atoms. The number of likely N-dealkylation sites (N-methyl/N-ethyl adjacent to an activating group) is 1. The Labute approximate surface area is 103 Å². The number of carbonyl (C=O) groups is 1. The van der Waals surface area contributed by atoms with Crippen LogP contribution in [0.25, 0.3) is 0 Å². The van der Waals surface area contributed by atoms with E-state index in [1.165, 1.54) is 17.0 Å². The summed E-state index contributed by atoms with van der Waals surface area (Å²) in [5.41, 5.74) is 3.84. The topological polar surface area (TPSA) is 46.1 Å². The predicted molar refractivity (Wildman–Crippen MR) is 70.0 cm³/mol. The van der Waals surface area contributed by atoms with E-state index in [1.807, 2.05) is 6.92 Å². The third kappa shape index (κ3) is 3.60. The molecule has 0 radical (unpaired) electrons. The van der Waals surface area contributed by atoms with Crippen molar-refractivity contribution in [3.63, 3.8) is 0 Å². The van der Waals surface area contributed by atoms with Gasteiger partial charge < -0.3 is 15.2 Å². The molecule has 1 aromatic heterocycles. The first-order chi connectivity index (χ1) is 8.10. The van der Waals surface area contributed by atoms with Gasteiger partial charge in [-0.05, 0) is 39.3 Å². The summed E-state index contributed by atoms with van der Waals surface area (Å²) >= 11 is 0. The Balaban J connectivity index is 2.50. The molecule has 1 aromatic rings. The van der Waals surface area contributed by atoms with Gasteiger partial charge in [0.1, 0.15) is 0 Å². The summed E-state index contributed by atoms with van der Waals surface area (Å²) < 4.78 is 2.28. The van der Waals surface area contributed by atoms with Crippen LogP contribution in [0.15, 0.2) is 6.07 Å². The van der Waals surface area contributed by atoms with Gasteiger partial charge in [-0.3, -0.25) is 4.79 Å². The normalized spacial score (nSPS) is 10.6. The molecule has 0 saturated carbocycles. The summed E-state index contributed by atoms with van der Waals surface area (Å²) in [6, 6.07) is 2.18. The molecule has 1 amide bonds. The lowest BCUT2D eigenvalue weighted by Crippen LogP contribution is -2.33. The maximum Gasteiger partial charge on any atom is 0.233 e. The summed E-state index contributed by atoms with van der Waals surface area (Å²) in [4.78, 5) is 11.3. The number of aryl methyl sites for hydroxylation is 1. The molecule has 2 N–H and O–H groups in total. The van der Waals surface area contributed by atoms with E-state index in [1.54, 1.807) is 0 Å². The highest BCUT2D eigenvalue weighted by molar-refractivity contribution is 5.77. The van der Waals surface area contributed by atoms with Gasteiger partial charge >= 0.3 is 0 Å². The minimum atomic E-state index is 0.0526. The van der Waals surface area contributed by atoms with E-state index in [0.29, 0.717) is 13.1 Å². The molecule has 0 aliphatic carbocycles. The van der Waals surface area contributed by atoms with E-state index >= 15 is 0 Å². The summed E-state index contributed by atoms with van der Waals surface area (Å²) in [6.45, 7) is 11.1. The Morgan fingerprint density at radius 1 is 1.35 bits per heavy atom. The molecule has 1 rings (SSSR count). The Morgan fingerprint density at radius 2 is 2.06 bits per heavy atom. The Hall–Kier alpha value is -1.29. The maximum absolute atomic E-state index is 11.3. The zero-order chi connectivity index (χ0) is 12.8. The highest BCUT2D eigenvalue weighted by atomic mass is 16.1. The van der Waals surface area contributed by atoms with Crippen LogP contribution in [0.2, 0.25) is 0 Å². The van der Waals surface area contributed by atoms with Crippen molar-refractivity contribution in [2.24, 2.45) is 0 Å². The van der Waals surface area contributed by atoms with Crippen molar-refractivity contribution in [1.82, 2.24) is 15.2 Å². The van der Waals surface area contributed by atoms with Crippen molar-refractivity contribution < 1.29 is 4.79 Å². The monoisotopic (exact) mass is 237 g/mol. The highest BCUT2D eigenvalue weighted by Crippen LogP contribution is 2.14. The van der Waals surface area contributed by atoms with Crippen molar-refractivity contribution >= 4 is 5.91 Å². The molecule has 0 aliphatic rings. The van der Waals surface area contributed by atoms with Crippen molar-refractivity contribution in [1.29, 1.82) is 0 Å². The van der Waals surface area contributed by atoms with E-state index in [9.17, 15) is 4.79 Å². The third-order valence-electron chi connectivity index (χ3n) is 2.97. The first kappa shape index (κ1) is 13.8. The van der Waals surface area contributed by atoms with Gasteiger partial charge in [0, 0.05) is 31.0 Å². The van der Waals surface area contributed by atoms with Crippen molar-refractivity contribution in [3.8, 4) is 0 Å². The number of aromatic nitrogens is 1. The fourth-order valence-electron chi connectivity index (χ4n) is 2.11. The smallest absolute Gasteiger partial charge is 0.233 e. The molecule has 0 fully saturated rings.